The average Bonchev–Trinajstić information content (AvgIpc) is 2.87. The van der Waals surface area contributed by atoms with Crippen LogP contribution in [0.15, 0.2) is 0 Å². The van der Waals surface area contributed by atoms with E-state index in [2.05, 4.69) is 10.6 Å². The molecule has 0 aromatic rings. The number of carbonyl (C=O) groups is 3. The number of aliphatic hydroxyl groups is 3. The number of amides is 3. The van der Waals surface area contributed by atoms with Gasteiger partial charge in [0.2, 0.25) is 17.7 Å². The Morgan fingerprint density at radius 1 is 0.868 bits per heavy atom. The Bertz CT molecular complexity index is 696. The number of rotatable bonds is 20. The van der Waals surface area contributed by atoms with Crippen LogP contribution in [0.25, 0.3) is 0 Å². The molecule has 0 aromatic carbocycles. The monoisotopic (exact) mass is 546 g/mol. The lowest BCUT2D eigenvalue weighted by atomic mass is 10.00. The fourth-order valence-corrected chi connectivity index (χ4v) is 4.19. The van der Waals surface area contributed by atoms with Crippen LogP contribution in [0, 0.1) is 0 Å². The van der Waals surface area contributed by atoms with Gasteiger partial charge in [-0.3, -0.25) is 14.4 Å². The molecule has 1 saturated heterocycles. The van der Waals surface area contributed by atoms with Crippen molar-refractivity contribution < 1.29 is 39.2 Å². The molecule has 1 rings (SSSR count). The smallest absolute Gasteiger partial charge is 0.242 e. The fourth-order valence-electron chi connectivity index (χ4n) is 4.19. The second-order valence-corrected chi connectivity index (χ2v) is 10.2. The van der Waals surface area contributed by atoms with Crippen molar-refractivity contribution in [2.75, 3.05) is 13.2 Å². The Kier molecular flexibility index (Phi) is 17.3. The zero-order chi connectivity index (χ0) is 28.5. The molecule has 9 N–H and O–H groups in total. The first-order chi connectivity index (χ1) is 18.0. The maximum absolute atomic E-state index is 12.4. The highest BCUT2D eigenvalue weighted by Crippen LogP contribution is 2.22. The molecule has 0 bridgehead atoms. The maximum atomic E-state index is 12.4. The van der Waals surface area contributed by atoms with E-state index in [0.29, 0.717) is 13.2 Å². The summed E-state index contributed by atoms with van der Waals surface area (Å²) in [7, 11) is 0. The largest absolute Gasteiger partial charge is 0.388 e. The zero-order valence-corrected chi connectivity index (χ0v) is 23.0. The van der Waals surface area contributed by atoms with Crippen molar-refractivity contribution in [3.05, 3.63) is 0 Å². The van der Waals surface area contributed by atoms with Gasteiger partial charge < -0.3 is 46.9 Å². The van der Waals surface area contributed by atoms with Crippen molar-refractivity contribution in [2.24, 2.45) is 11.5 Å². The number of primary amides is 1. The molecular formula is C26H50N4O8. The van der Waals surface area contributed by atoms with E-state index in [1.165, 1.54) is 6.92 Å². The normalized spacial score (nSPS) is 24.9. The second kappa shape index (κ2) is 19.3. The number of aliphatic hydroxyl groups excluding tert-OH is 3. The van der Waals surface area contributed by atoms with Crippen LogP contribution in [-0.4, -0.2) is 89.0 Å². The number of unbranched alkanes of at least 4 members (excludes halogenated alkanes) is 9. The van der Waals surface area contributed by atoms with Gasteiger partial charge >= 0.3 is 0 Å². The number of ether oxygens (including phenoxy) is 2. The first-order valence-corrected chi connectivity index (χ1v) is 14.0. The van der Waals surface area contributed by atoms with Crippen molar-refractivity contribution >= 4 is 17.7 Å². The van der Waals surface area contributed by atoms with E-state index in [4.69, 9.17) is 20.9 Å². The molecular weight excluding hydrogens is 496 g/mol. The summed E-state index contributed by atoms with van der Waals surface area (Å²) in [6.07, 6.45) is 5.42. The number of hydrogen-bond donors (Lipinski definition) is 7. The van der Waals surface area contributed by atoms with E-state index in [-0.39, 0.29) is 18.7 Å². The van der Waals surface area contributed by atoms with Crippen LogP contribution in [-0.2, 0) is 23.9 Å². The zero-order valence-electron chi connectivity index (χ0n) is 23.0. The summed E-state index contributed by atoms with van der Waals surface area (Å²) in [5, 5.41) is 34.8. The number of hydrogen-bond acceptors (Lipinski definition) is 9. The molecule has 5 unspecified atom stereocenters. The summed E-state index contributed by atoms with van der Waals surface area (Å²) in [6, 6.07) is -1.58. The van der Waals surface area contributed by atoms with Gasteiger partial charge in [-0.25, -0.2) is 0 Å². The van der Waals surface area contributed by atoms with Crippen LogP contribution < -0.4 is 22.1 Å². The van der Waals surface area contributed by atoms with Gasteiger partial charge in [-0.2, -0.15) is 0 Å². The van der Waals surface area contributed by atoms with Crippen molar-refractivity contribution in [1.82, 2.24) is 10.6 Å². The minimum absolute atomic E-state index is 0.000771. The third-order valence-corrected chi connectivity index (χ3v) is 6.69. The Morgan fingerprint density at radius 2 is 1.42 bits per heavy atom. The van der Waals surface area contributed by atoms with Gasteiger partial charge in [0, 0.05) is 19.6 Å². The third-order valence-electron chi connectivity index (χ3n) is 6.69. The lowest BCUT2D eigenvalue weighted by molar-refractivity contribution is -0.293. The molecule has 222 valence electrons. The summed E-state index contributed by atoms with van der Waals surface area (Å²) in [5.74, 6) is -1.32. The number of nitrogens with two attached hydrogens (primary N) is 2. The van der Waals surface area contributed by atoms with E-state index in [1.54, 1.807) is 6.92 Å². The lowest BCUT2D eigenvalue weighted by Crippen LogP contribution is -2.57. The van der Waals surface area contributed by atoms with E-state index in [1.807, 2.05) is 0 Å². The van der Waals surface area contributed by atoms with Gasteiger partial charge in [0.25, 0.3) is 0 Å². The molecule has 0 saturated carbocycles. The molecule has 7 atom stereocenters. The van der Waals surface area contributed by atoms with Gasteiger partial charge in [0.15, 0.2) is 6.29 Å². The predicted molar refractivity (Wildman–Crippen MR) is 141 cm³/mol. The van der Waals surface area contributed by atoms with Crippen LogP contribution >= 0.6 is 0 Å². The standard InChI is InChI=1S/C26H50N4O8/c1-17(27)24(35)30-19(13-14-20(28)31)25(36)29-15-11-9-7-5-3-4-6-8-10-12-16-37-26-23(34)22(33)21(32)18(2)38-26/h17-19,21-23,26,32-34H,3-16,27H2,1-2H3,(H2,28,31)(H,29,36)(H,30,35)/t17-,18?,19+,21?,22?,23?,26?/m1/s1. The molecule has 38 heavy (non-hydrogen) atoms. The highest BCUT2D eigenvalue weighted by molar-refractivity contribution is 5.89. The highest BCUT2D eigenvalue weighted by atomic mass is 16.7. The Labute approximate surface area is 226 Å². The topological polar surface area (TPSA) is 206 Å². The van der Waals surface area contributed by atoms with Crippen molar-refractivity contribution in [3.8, 4) is 0 Å². The Hall–Kier alpha value is -1.83. The second-order valence-electron chi connectivity index (χ2n) is 10.2. The minimum Gasteiger partial charge on any atom is -0.388 e. The van der Waals surface area contributed by atoms with Crippen LogP contribution in [0.4, 0.5) is 0 Å². The Morgan fingerprint density at radius 3 is 1.97 bits per heavy atom. The SMILES string of the molecule is CC1OC(OCCCCCCCCCCCCNC(=O)[C@H](CCC(N)=O)NC(=O)[C@@H](C)N)C(O)C(O)C1O. The molecule has 1 fully saturated rings. The molecule has 1 aliphatic heterocycles. The van der Waals surface area contributed by atoms with Gasteiger partial charge in [-0.1, -0.05) is 51.4 Å². The summed E-state index contributed by atoms with van der Waals surface area (Å²) < 4.78 is 11.0. The lowest BCUT2D eigenvalue weighted by Gasteiger charge is -2.38. The van der Waals surface area contributed by atoms with Crippen LogP contribution in [0.3, 0.4) is 0 Å². The molecule has 0 aromatic heterocycles. The fraction of sp³-hybridized carbons (Fsp3) is 0.885. The number of nitrogens with one attached hydrogen (secondary N) is 2. The summed E-state index contributed by atoms with van der Waals surface area (Å²) in [4.78, 5) is 35.3. The summed E-state index contributed by atoms with van der Waals surface area (Å²) >= 11 is 0. The molecule has 0 radical (unpaired) electrons. The van der Waals surface area contributed by atoms with Gasteiger partial charge in [-0.15, -0.1) is 0 Å². The maximum Gasteiger partial charge on any atom is 0.242 e. The van der Waals surface area contributed by atoms with Gasteiger partial charge in [0.1, 0.15) is 24.4 Å². The van der Waals surface area contributed by atoms with Crippen molar-refractivity contribution in [1.29, 1.82) is 0 Å². The third kappa shape index (κ3) is 13.8. The van der Waals surface area contributed by atoms with E-state index < -0.39 is 54.6 Å². The molecule has 1 aliphatic rings. The van der Waals surface area contributed by atoms with E-state index in [9.17, 15) is 29.7 Å². The minimum atomic E-state index is -1.27. The summed E-state index contributed by atoms with van der Waals surface area (Å²) in [5.41, 5.74) is 10.7. The molecule has 3 amide bonds. The molecule has 0 aliphatic carbocycles. The highest BCUT2D eigenvalue weighted by Gasteiger charge is 2.42. The van der Waals surface area contributed by atoms with Gasteiger partial charge in [0.05, 0.1) is 12.1 Å². The van der Waals surface area contributed by atoms with Crippen LogP contribution in [0.1, 0.15) is 90.9 Å². The van der Waals surface area contributed by atoms with E-state index in [0.717, 1.165) is 64.2 Å². The van der Waals surface area contributed by atoms with Crippen LogP contribution in [0.2, 0.25) is 0 Å². The van der Waals surface area contributed by atoms with Crippen molar-refractivity contribution in [2.45, 2.75) is 134 Å². The molecule has 1 heterocycles. The van der Waals surface area contributed by atoms with Crippen LogP contribution in [0.5, 0.6) is 0 Å². The van der Waals surface area contributed by atoms with Gasteiger partial charge in [-0.05, 0) is 33.1 Å². The van der Waals surface area contributed by atoms with Crippen molar-refractivity contribution in [3.63, 3.8) is 0 Å². The number of carbonyl (C=O) groups excluding carboxylic acids is 3. The quantitative estimate of drug-likeness (QED) is 0.102. The first kappa shape index (κ1) is 34.2. The Balaban J connectivity index is 2.01. The molecule has 0 spiro atoms. The van der Waals surface area contributed by atoms with E-state index >= 15 is 0 Å². The average molecular weight is 547 g/mol. The predicted octanol–water partition coefficient (Wildman–Crippen LogP) is -0.0548. The first-order valence-electron chi connectivity index (χ1n) is 14.0. The molecule has 12 heteroatoms. The molecule has 12 nitrogen and oxygen atoms in total. The summed E-state index contributed by atoms with van der Waals surface area (Å²) in [6.45, 7) is 4.09.